The molecule has 0 fully saturated rings. The first-order chi connectivity index (χ1) is 10.1. The highest BCUT2D eigenvalue weighted by atomic mass is 16.7. The van der Waals surface area contributed by atoms with Gasteiger partial charge >= 0.3 is 5.97 Å². The SMILES string of the molecule is CCOC(=O)CCC(N)Cc1cc(OC)c2c(c1)OCO2. The van der Waals surface area contributed by atoms with Crippen LogP contribution in [0.4, 0.5) is 0 Å². The fourth-order valence-corrected chi connectivity index (χ4v) is 2.24. The zero-order chi connectivity index (χ0) is 15.2. The molecule has 1 heterocycles. The van der Waals surface area contributed by atoms with E-state index in [2.05, 4.69) is 0 Å². The highest BCUT2D eigenvalue weighted by Crippen LogP contribution is 2.42. The molecule has 2 N–H and O–H groups in total. The predicted molar refractivity (Wildman–Crippen MR) is 76.7 cm³/mol. The predicted octanol–water partition coefficient (Wildman–Crippen LogP) is 1.64. The Hall–Kier alpha value is -1.95. The number of hydrogen-bond acceptors (Lipinski definition) is 6. The van der Waals surface area contributed by atoms with Gasteiger partial charge in [-0.2, -0.15) is 0 Å². The van der Waals surface area contributed by atoms with Gasteiger partial charge in [0.05, 0.1) is 13.7 Å². The second kappa shape index (κ2) is 7.17. The van der Waals surface area contributed by atoms with Crippen molar-refractivity contribution in [2.75, 3.05) is 20.5 Å². The zero-order valence-electron chi connectivity index (χ0n) is 12.4. The van der Waals surface area contributed by atoms with Gasteiger partial charge in [0.1, 0.15) is 0 Å². The number of carbonyl (C=O) groups is 1. The summed E-state index contributed by atoms with van der Waals surface area (Å²) in [6.45, 7) is 2.38. The maximum Gasteiger partial charge on any atom is 0.305 e. The Morgan fingerprint density at radius 3 is 2.95 bits per heavy atom. The van der Waals surface area contributed by atoms with E-state index in [0.29, 0.717) is 43.1 Å². The molecule has 1 aliphatic rings. The van der Waals surface area contributed by atoms with Crippen LogP contribution < -0.4 is 19.9 Å². The molecule has 1 atom stereocenters. The van der Waals surface area contributed by atoms with Gasteiger partial charge in [0.15, 0.2) is 11.5 Å². The number of methoxy groups -OCH3 is 1. The zero-order valence-corrected chi connectivity index (χ0v) is 12.4. The molecule has 2 rings (SSSR count). The third-order valence-corrected chi connectivity index (χ3v) is 3.24. The lowest BCUT2D eigenvalue weighted by molar-refractivity contribution is -0.143. The maximum absolute atomic E-state index is 11.3. The Morgan fingerprint density at radius 2 is 2.24 bits per heavy atom. The minimum Gasteiger partial charge on any atom is -0.493 e. The summed E-state index contributed by atoms with van der Waals surface area (Å²) in [6.07, 6.45) is 1.54. The molecule has 0 spiro atoms. The molecule has 0 bridgehead atoms. The summed E-state index contributed by atoms with van der Waals surface area (Å²) in [5.41, 5.74) is 7.06. The third-order valence-electron chi connectivity index (χ3n) is 3.24. The fourth-order valence-electron chi connectivity index (χ4n) is 2.24. The third kappa shape index (κ3) is 4.01. The molecule has 0 aliphatic carbocycles. The molecule has 1 aromatic rings. The standard InChI is InChI=1S/C15H21NO5/c1-3-19-14(17)5-4-11(16)6-10-7-12(18-2)15-13(8-10)20-9-21-15/h7-8,11H,3-6,9,16H2,1-2H3. The van der Waals surface area contributed by atoms with Crippen LogP contribution >= 0.6 is 0 Å². The lowest BCUT2D eigenvalue weighted by atomic mass is 10.0. The van der Waals surface area contributed by atoms with E-state index in [0.717, 1.165) is 5.56 Å². The van der Waals surface area contributed by atoms with Crippen LogP contribution in [-0.2, 0) is 16.0 Å². The molecule has 0 aromatic heterocycles. The first kappa shape index (κ1) is 15.4. The molecule has 21 heavy (non-hydrogen) atoms. The van der Waals surface area contributed by atoms with E-state index >= 15 is 0 Å². The smallest absolute Gasteiger partial charge is 0.305 e. The summed E-state index contributed by atoms with van der Waals surface area (Å²) in [6, 6.07) is 3.66. The normalized spacial score (nSPS) is 13.9. The Morgan fingerprint density at radius 1 is 1.43 bits per heavy atom. The Balaban J connectivity index is 1.95. The summed E-state index contributed by atoms with van der Waals surface area (Å²) in [5, 5.41) is 0. The molecule has 6 nitrogen and oxygen atoms in total. The number of hydrogen-bond donors (Lipinski definition) is 1. The maximum atomic E-state index is 11.3. The molecular formula is C15H21NO5. The number of benzene rings is 1. The van der Waals surface area contributed by atoms with E-state index in [1.165, 1.54) is 0 Å². The average Bonchev–Trinajstić information content (AvgIpc) is 2.93. The van der Waals surface area contributed by atoms with Gasteiger partial charge in [-0.25, -0.2) is 0 Å². The van der Waals surface area contributed by atoms with Crippen molar-refractivity contribution >= 4 is 5.97 Å². The van der Waals surface area contributed by atoms with Gasteiger partial charge in [0.2, 0.25) is 12.5 Å². The van der Waals surface area contributed by atoms with Crippen molar-refractivity contribution in [1.82, 2.24) is 0 Å². The summed E-state index contributed by atoms with van der Waals surface area (Å²) in [4.78, 5) is 11.3. The quantitative estimate of drug-likeness (QED) is 0.770. The van der Waals surface area contributed by atoms with E-state index in [9.17, 15) is 4.79 Å². The van der Waals surface area contributed by atoms with Gasteiger partial charge in [0, 0.05) is 12.5 Å². The van der Waals surface area contributed by atoms with E-state index < -0.39 is 0 Å². The fraction of sp³-hybridized carbons (Fsp3) is 0.533. The highest BCUT2D eigenvalue weighted by molar-refractivity contribution is 5.69. The molecule has 0 saturated carbocycles. The van der Waals surface area contributed by atoms with Crippen molar-refractivity contribution in [1.29, 1.82) is 0 Å². The Kier molecular flexibility index (Phi) is 5.27. The second-order valence-electron chi connectivity index (χ2n) is 4.84. The van der Waals surface area contributed by atoms with Crippen molar-refractivity contribution in [2.24, 2.45) is 5.73 Å². The number of ether oxygens (including phenoxy) is 4. The summed E-state index contributed by atoms with van der Waals surface area (Å²) in [7, 11) is 1.59. The van der Waals surface area contributed by atoms with Crippen molar-refractivity contribution in [3.63, 3.8) is 0 Å². The number of nitrogens with two attached hydrogens (primary N) is 1. The lowest BCUT2D eigenvalue weighted by Gasteiger charge is -2.13. The minimum atomic E-state index is -0.212. The van der Waals surface area contributed by atoms with E-state index in [1.54, 1.807) is 14.0 Å². The largest absolute Gasteiger partial charge is 0.493 e. The molecule has 1 aliphatic heterocycles. The van der Waals surface area contributed by atoms with Crippen LogP contribution in [0.25, 0.3) is 0 Å². The van der Waals surface area contributed by atoms with Gasteiger partial charge in [-0.3, -0.25) is 4.79 Å². The van der Waals surface area contributed by atoms with Crippen molar-refractivity contribution in [2.45, 2.75) is 32.2 Å². The number of fused-ring (bicyclic) bond motifs is 1. The molecule has 6 heteroatoms. The Bertz CT molecular complexity index is 503. The summed E-state index contributed by atoms with van der Waals surface area (Å²) >= 11 is 0. The number of rotatable bonds is 7. The lowest BCUT2D eigenvalue weighted by Crippen LogP contribution is -2.24. The monoisotopic (exact) mass is 295 g/mol. The highest BCUT2D eigenvalue weighted by Gasteiger charge is 2.20. The van der Waals surface area contributed by atoms with E-state index in [-0.39, 0.29) is 18.8 Å². The molecule has 1 aromatic carbocycles. The molecule has 0 radical (unpaired) electrons. The van der Waals surface area contributed by atoms with Crippen LogP contribution in [0.1, 0.15) is 25.3 Å². The van der Waals surface area contributed by atoms with Crippen molar-refractivity contribution in [3.8, 4) is 17.2 Å². The molecular weight excluding hydrogens is 274 g/mol. The van der Waals surface area contributed by atoms with E-state index in [4.69, 9.17) is 24.7 Å². The summed E-state index contributed by atoms with van der Waals surface area (Å²) in [5.74, 6) is 1.72. The minimum absolute atomic E-state index is 0.125. The van der Waals surface area contributed by atoms with Crippen molar-refractivity contribution < 1.29 is 23.7 Å². The van der Waals surface area contributed by atoms with Crippen LogP contribution in [0.3, 0.4) is 0 Å². The van der Waals surface area contributed by atoms with Crippen molar-refractivity contribution in [3.05, 3.63) is 17.7 Å². The van der Waals surface area contributed by atoms with Crippen LogP contribution in [0, 0.1) is 0 Å². The second-order valence-corrected chi connectivity index (χ2v) is 4.84. The molecule has 1 unspecified atom stereocenters. The molecule has 0 saturated heterocycles. The molecule has 0 amide bonds. The van der Waals surface area contributed by atoms with Gasteiger partial charge < -0.3 is 24.7 Å². The van der Waals surface area contributed by atoms with Gasteiger partial charge in [0.25, 0.3) is 0 Å². The van der Waals surface area contributed by atoms with Gasteiger partial charge in [-0.15, -0.1) is 0 Å². The van der Waals surface area contributed by atoms with Gasteiger partial charge in [-0.05, 0) is 37.5 Å². The van der Waals surface area contributed by atoms with Gasteiger partial charge in [-0.1, -0.05) is 0 Å². The summed E-state index contributed by atoms with van der Waals surface area (Å²) < 4.78 is 20.9. The number of carbonyl (C=O) groups excluding carboxylic acids is 1. The van der Waals surface area contributed by atoms with Crippen LogP contribution in [0.5, 0.6) is 17.2 Å². The van der Waals surface area contributed by atoms with Crippen LogP contribution in [0.15, 0.2) is 12.1 Å². The first-order valence-electron chi connectivity index (χ1n) is 7.01. The Labute approximate surface area is 124 Å². The van der Waals surface area contributed by atoms with Crippen LogP contribution in [0.2, 0.25) is 0 Å². The molecule has 116 valence electrons. The van der Waals surface area contributed by atoms with Crippen LogP contribution in [-0.4, -0.2) is 32.5 Å². The van der Waals surface area contributed by atoms with E-state index in [1.807, 2.05) is 12.1 Å². The first-order valence-corrected chi connectivity index (χ1v) is 7.01. The topological polar surface area (TPSA) is 80.0 Å². The number of esters is 1. The average molecular weight is 295 g/mol.